The third kappa shape index (κ3) is 2.57. The SMILES string of the molecule is C=[N+]1C=CC=C[C-]1c1c(C)ccc2c1[o+][c-]1nc(-[n+]3c4ccccc4c4cccc[c-]43)ccc21. The Hall–Kier alpha value is -4.57. The van der Waals surface area contributed by atoms with Crippen LogP contribution in [0.5, 0.6) is 0 Å². The second-order valence-corrected chi connectivity index (χ2v) is 8.68. The normalized spacial score (nSPS) is 13.8. The first-order valence-electron chi connectivity index (χ1n) is 11.3. The lowest BCUT2D eigenvalue weighted by Crippen LogP contribution is -2.30. The maximum absolute atomic E-state index is 6.47. The lowest BCUT2D eigenvalue weighted by Gasteiger charge is -2.16. The van der Waals surface area contributed by atoms with Gasteiger partial charge < -0.3 is 0 Å². The van der Waals surface area contributed by atoms with Gasteiger partial charge in [-0.1, -0.05) is 60.3 Å². The molecule has 0 unspecified atom stereocenters. The molecule has 4 nitrogen and oxygen atoms in total. The summed E-state index contributed by atoms with van der Waals surface area (Å²) in [6.45, 7) is 6.26. The molecule has 162 valence electrons. The summed E-state index contributed by atoms with van der Waals surface area (Å²) in [6.07, 6.45) is 8.02. The van der Waals surface area contributed by atoms with E-state index in [-0.39, 0.29) is 0 Å². The highest BCUT2D eigenvalue weighted by Crippen LogP contribution is 2.37. The smallest absolute Gasteiger partial charge is 0.276 e. The first-order valence-corrected chi connectivity index (χ1v) is 11.3. The molecule has 0 atom stereocenters. The topological polar surface area (TPSA) is 31.1 Å². The number of hydrogen-bond donors (Lipinski definition) is 0. The van der Waals surface area contributed by atoms with Crippen LogP contribution >= 0.6 is 0 Å². The van der Waals surface area contributed by atoms with Crippen LogP contribution in [0.4, 0.5) is 0 Å². The number of aromatic nitrogens is 2. The molecule has 0 bridgehead atoms. The summed E-state index contributed by atoms with van der Waals surface area (Å²) in [6, 6.07) is 26.4. The van der Waals surface area contributed by atoms with Gasteiger partial charge in [0.25, 0.3) is 11.4 Å². The molecule has 0 spiro atoms. The molecule has 3 aromatic carbocycles. The molecule has 34 heavy (non-hydrogen) atoms. The van der Waals surface area contributed by atoms with E-state index in [0.717, 1.165) is 50.4 Å². The molecule has 1 aliphatic rings. The third-order valence-corrected chi connectivity index (χ3v) is 6.71. The van der Waals surface area contributed by atoms with Crippen molar-refractivity contribution in [3.8, 4) is 5.82 Å². The van der Waals surface area contributed by atoms with Crippen LogP contribution in [0.3, 0.4) is 0 Å². The van der Waals surface area contributed by atoms with Crippen molar-refractivity contribution in [2.24, 2.45) is 0 Å². The average Bonchev–Trinajstić information content (AvgIpc) is 3.40. The van der Waals surface area contributed by atoms with Crippen LogP contribution in [-0.2, 0) is 0 Å². The van der Waals surface area contributed by atoms with Crippen molar-refractivity contribution in [3.63, 3.8) is 0 Å². The lowest BCUT2D eigenvalue weighted by atomic mass is 9.96. The zero-order chi connectivity index (χ0) is 22.8. The van der Waals surface area contributed by atoms with Crippen molar-refractivity contribution < 1.29 is 13.6 Å². The summed E-state index contributed by atoms with van der Waals surface area (Å²) in [5, 5.41) is 4.49. The first-order chi connectivity index (χ1) is 16.7. The van der Waals surface area contributed by atoms with Gasteiger partial charge in [-0.05, 0) is 34.0 Å². The zero-order valence-electron chi connectivity index (χ0n) is 18.7. The van der Waals surface area contributed by atoms with Crippen molar-refractivity contribution >= 4 is 50.6 Å². The maximum atomic E-state index is 6.47. The summed E-state index contributed by atoms with van der Waals surface area (Å²) in [7, 11) is 0. The second kappa shape index (κ2) is 6.96. The third-order valence-electron chi connectivity index (χ3n) is 6.71. The quantitative estimate of drug-likeness (QED) is 0.181. The van der Waals surface area contributed by atoms with Crippen LogP contribution in [-0.4, -0.2) is 16.3 Å². The van der Waals surface area contributed by atoms with Gasteiger partial charge in [0.1, 0.15) is 6.20 Å². The molecule has 0 N–H and O–H groups in total. The summed E-state index contributed by atoms with van der Waals surface area (Å²) in [5.41, 5.74) is 5.91. The minimum atomic E-state index is 0.632. The van der Waals surface area contributed by atoms with Crippen LogP contribution in [0.2, 0.25) is 0 Å². The predicted molar refractivity (Wildman–Crippen MR) is 136 cm³/mol. The number of aryl methyl sites for hydroxylation is 1. The van der Waals surface area contributed by atoms with Gasteiger partial charge in [0.15, 0.2) is 6.04 Å². The maximum Gasteiger partial charge on any atom is 0.484 e. The minimum absolute atomic E-state index is 0.632. The van der Waals surface area contributed by atoms with Crippen molar-refractivity contribution in [2.75, 3.05) is 0 Å². The van der Waals surface area contributed by atoms with Gasteiger partial charge in [-0.25, -0.2) is 4.42 Å². The highest BCUT2D eigenvalue weighted by molar-refractivity contribution is 6.06. The number of nitrogens with zero attached hydrogens (tertiary/aromatic N) is 3. The van der Waals surface area contributed by atoms with Crippen LogP contribution in [0, 0.1) is 13.0 Å². The van der Waals surface area contributed by atoms with Gasteiger partial charge in [0.2, 0.25) is 0 Å². The molecular formula is C30H21N3O. The Morgan fingerprint density at radius 1 is 0.882 bits per heavy atom. The van der Waals surface area contributed by atoms with E-state index >= 15 is 0 Å². The number of rotatable bonds is 2. The fraction of sp³-hybridized carbons (Fsp3) is 0.0333. The largest absolute Gasteiger partial charge is 0.484 e. The standard InChI is InChI=1S/C30H21N3O/c1-19-14-15-22-23-16-17-27(31-30(23)34-29(22)28(19)26-13-7-8-18-32(26)2)33-24-11-5-3-9-20(24)21-10-4-6-12-25(21)33/h3-18H,2H2,1H3. The molecule has 0 fully saturated rings. The molecule has 7 rings (SSSR count). The Morgan fingerprint density at radius 3 is 2.68 bits per heavy atom. The van der Waals surface area contributed by atoms with E-state index in [9.17, 15) is 0 Å². The first kappa shape index (κ1) is 18.9. The Bertz CT molecular complexity index is 1790. The molecule has 1 aliphatic heterocycles. The van der Waals surface area contributed by atoms with Gasteiger partial charge >= 0.3 is 5.71 Å². The summed E-state index contributed by atoms with van der Waals surface area (Å²) < 4.78 is 10.6. The van der Waals surface area contributed by atoms with Crippen molar-refractivity contribution in [1.29, 1.82) is 0 Å². The predicted octanol–water partition coefficient (Wildman–Crippen LogP) is 6.27. The van der Waals surface area contributed by atoms with Crippen LogP contribution in [0.15, 0.2) is 102 Å². The van der Waals surface area contributed by atoms with E-state index in [1.54, 1.807) is 0 Å². The zero-order valence-corrected chi connectivity index (χ0v) is 18.7. The monoisotopic (exact) mass is 439 g/mol. The Balaban J connectivity index is 1.50. The van der Waals surface area contributed by atoms with E-state index in [0.29, 0.717) is 5.71 Å². The lowest BCUT2D eigenvalue weighted by molar-refractivity contribution is -0.540. The fourth-order valence-electron chi connectivity index (χ4n) is 5.12. The number of hydrogen-bond acceptors (Lipinski definition) is 1. The van der Waals surface area contributed by atoms with Crippen molar-refractivity contribution in [2.45, 2.75) is 6.92 Å². The Morgan fingerprint density at radius 2 is 1.76 bits per heavy atom. The Labute approximate surface area is 196 Å². The van der Waals surface area contributed by atoms with Crippen LogP contribution in [0.25, 0.3) is 49.7 Å². The molecule has 0 saturated heterocycles. The molecule has 3 aromatic heterocycles. The minimum Gasteiger partial charge on any atom is -0.276 e. The van der Waals surface area contributed by atoms with Crippen LogP contribution in [0.1, 0.15) is 11.1 Å². The average molecular weight is 440 g/mol. The number of para-hydroxylation sites is 2. The van der Waals surface area contributed by atoms with E-state index in [1.165, 1.54) is 10.8 Å². The molecule has 4 heteroatoms. The Kier molecular flexibility index (Phi) is 3.88. The number of pyridine rings is 1. The second-order valence-electron chi connectivity index (χ2n) is 8.68. The van der Waals surface area contributed by atoms with E-state index in [4.69, 9.17) is 9.40 Å². The van der Waals surface area contributed by atoms with Gasteiger partial charge in [-0.15, -0.1) is 30.3 Å². The highest BCUT2D eigenvalue weighted by Gasteiger charge is 2.28. The molecular weight excluding hydrogens is 418 g/mol. The summed E-state index contributed by atoms with van der Waals surface area (Å²) in [5.74, 6) is 0.842. The molecule has 0 aliphatic carbocycles. The number of furan rings is 1. The number of fused-ring (bicyclic) bond motifs is 6. The fourth-order valence-corrected chi connectivity index (χ4v) is 5.12. The highest BCUT2D eigenvalue weighted by atomic mass is 16.3. The molecule has 6 aromatic rings. The van der Waals surface area contributed by atoms with Crippen molar-refractivity contribution in [3.05, 3.63) is 114 Å². The van der Waals surface area contributed by atoms with Crippen molar-refractivity contribution in [1.82, 2.24) is 4.98 Å². The molecule has 0 radical (unpaired) electrons. The van der Waals surface area contributed by atoms with Gasteiger partial charge in [0, 0.05) is 5.39 Å². The molecule has 0 amide bonds. The van der Waals surface area contributed by atoms with Gasteiger partial charge in [-0.3, -0.25) is 9.14 Å². The summed E-state index contributed by atoms with van der Waals surface area (Å²) in [4.78, 5) is 5.02. The van der Waals surface area contributed by atoms with Crippen LogP contribution < -0.4 is 4.57 Å². The number of allylic oxidation sites excluding steroid dienone is 2. The van der Waals surface area contributed by atoms with E-state index < -0.39 is 0 Å². The van der Waals surface area contributed by atoms with E-state index in [2.05, 4.69) is 97.1 Å². The van der Waals surface area contributed by atoms with Gasteiger partial charge in [-0.2, -0.15) is 0 Å². The molecule has 4 heterocycles. The summed E-state index contributed by atoms with van der Waals surface area (Å²) >= 11 is 0. The van der Waals surface area contributed by atoms with E-state index in [1.807, 2.05) is 22.9 Å². The molecule has 0 saturated carbocycles. The number of benzene rings is 3. The van der Waals surface area contributed by atoms with Gasteiger partial charge in [0.05, 0.1) is 23.3 Å².